The Morgan fingerprint density at radius 3 is 0.795 bits per heavy atom. The summed E-state index contributed by atoms with van der Waals surface area (Å²) < 4.78 is 0. The summed E-state index contributed by atoms with van der Waals surface area (Å²) in [6.07, 6.45) is 51.2. The van der Waals surface area contributed by atoms with Crippen molar-refractivity contribution in [2.24, 2.45) is 0 Å². The van der Waals surface area contributed by atoms with Gasteiger partial charge in [-0.3, -0.25) is 19.6 Å². The fourth-order valence-corrected chi connectivity index (χ4v) is 14.0. The highest BCUT2D eigenvalue weighted by atomic mass is 32.2. The van der Waals surface area contributed by atoms with Crippen LogP contribution in [0.1, 0.15) is 311 Å². The molecule has 8 nitrogen and oxygen atoms in total. The number of piperazine rings is 1. The highest BCUT2D eigenvalue weighted by Gasteiger charge is 2.33. The van der Waals surface area contributed by atoms with Crippen LogP contribution in [0.15, 0.2) is 0 Å². The largest absolute Gasteiger partial charge is 0.392 e. The number of rotatable bonds is 62. The van der Waals surface area contributed by atoms with E-state index in [9.17, 15) is 20.4 Å². The van der Waals surface area contributed by atoms with Crippen LogP contribution in [0, 0.1) is 0 Å². The Morgan fingerprint density at radius 2 is 0.551 bits per heavy atom. The van der Waals surface area contributed by atoms with Gasteiger partial charge in [0.1, 0.15) is 0 Å². The van der Waals surface area contributed by atoms with Crippen molar-refractivity contribution in [1.82, 2.24) is 19.6 Å². The summed E-state index contributed by atoms with van der Waals surface area (Å²) >= 11 is 4.17. The molecule has 1 aliphatic rings. The van der Waals surface area contributed by atoms with Gasteiger partial charge in [0.25, 0.3) is 0 Å². The maximum atomic E-state index is 11.2. The lowest BCUT2D eigenvalue weighted by atomic mass is 9.98. The lowest BCUT2D eigenvalue weighted by molar-refractivity contribution is 0.0271. The smallest absolute Gasteiger partial charge is 0.0667 e. The number of nitrogens with zero attached hydrogens (tertiary/aromatic N) is 4. The summed E-state index contributed by atoms with van der Waals surface area (Å²) in [7, 11) is 0. The molecule has 6 atom stereocenters. The maximum absolute atomic E-state index is 11.2. The minimum atomic E-state index is -0.310. The third-order valence-electron chi connectivity index (χ3n) is 17.3. The third-order valence-corrected chi connectivity index (χ3v) is 19.2. The molecule has 0 bridgehead atoms. The van der Waals surface area contributed by atoms with Gasteiger partial charge in [0.2, 0.25) is 0 Å². The molecule has 468 valence electrons. The van der Waals surface area contributed by atoms with E-state index in [-0.39, 0.29) is 24.4 Å². The molecule has 0 aromatic rings. The molecule has 0 aromatic carbocycles. The second-order valence-corrected chi connectivity index (χ2v) is 27.4. The average Bonchev–Trinajstić information content (AvgIpc) is 3.43. The first kappa shape index (κ1) is 76.4. The maximum Gasteiger partial charge on any atom is 0.0667 e. The molecule has 1 saturated heterocycles. The monoisotopic (exact) mass is 1140 g/mol. The van der Waals surface area contributed by atoms with E-state index < -0.39 is 0 Å². The molecule has 0 amide bonds. The first-order valence-electron chi connectivity index (χ1n) is 35.0. The molecular weight excluding hydrogens is 1000 g/mol. The lowest BCUT2D eigenvalue weighted by Crippen LogP contribution is -2.59. The predicted octanol–water partition coefficient (Wildman–Crippen LogP) is 17.4. The molecule has 10 heteroatoms. The van der Waals surface area contributed by atoms with E-state index in [1.807, 2.05) is 0 Å². The molecule has 1 rings (SSSR count). The summed E-state index contributed by atoms with van der Waals surface area (Å²) in [6, 6.07) is 1.23. The fraction of sp³-hybridized carbons (Fsp3) is 1.00. The Balaban J connectivity index is 2.80. The Hall–Kier alpha value is 0.380. The van der Waals surface area contributed by atoms with Crippen LogP contribution in [0.5, 0.6) is 0 Å². The normalized spacial score (nSPS) is 17.2. The van der Waals surface area contributed by atoms with Crippen LogP contribution in [0.4, 0.5) is 0 Å². The summed E-state index contributed by atoms with van der Waals surface area (Å²) in [5.74, 6) is 4.40. The van der Waals surface area contributed by atoms with E-state index >= 15 is 0 Å². The Morgan fingerprint density at radius 1 is 0.321 bits per heavy atom. The third kappa shape index (κ3) is 46.7. The molecule has 0 aliphatic carbocycles. The van der Waals surface area contributed by atoms with Crippen LogP contribution in [-0.2, 0) is 0 Å². The van der Waals surface area contributed by atoms with E-state index in [2.05, 4.69) is 84.7 Å². The van der Waals surface area contributed by atoms with Gasteiger partial charge < -0.3 is 20.4 Å². The van der Waals surface area contributed by atoms with E-state index in [0.717, 1.165) is 101 Å². The van der Waals surface area contributed by atoms with E-state index in [1.165, 1.54) is 231 Å². The van der Waals surface area contributed by atoms with Gasteiger partial charge >= 0.3 is 0 Å². The van der Waals surface area contributed by atoms with Crippen LogP contribution in [0.25, 0.3) is 0 Å². The van der Waals surface area contributed by atoms with Gasteiger partial charge in [0, 0.05) is 101 Å². The molecule has 78 heavy (non-hydrogen) atoms. The van der Waals surface area contributed by atoms with Crippen molar-refractivity contribution < 1.29 is 20.4 Å². The molecule has 0 saturated carbocycles. The molecule has 1 aliphatic heterocycles. The number of thioether (sulfide) groups is 2. The first-order chi connectivity index (χ1) is 38.2. The quantitative estimate of drug-likeness (QED) is 0.0441. The van der Waals surface area contributed by atoms with Gasteiger partial charge in [-0.25, -0.2) is 0 Å². The van der Waals surface area contributed by atoms with Crippen molar-refractivity contribution in [3.8, 4) is 0 Å². The minimum absolute atomic E-state index is 0.310. The second kappa shape index (κ2) is 57.8. The Labute approximate surface area is 497 Å². The summed E-state index contributed by atoms with van der Waals surface area (Å²) in [5, 5.41) is 44.9. The van der Waals surface area contributed by atoms with Crippen molar-refractivity contribution >= 4 is 23.5 Å². The average molecular weight is 1140 g/mol. The summed E-state index contributed by atoms with van der Waals surface area (Å²) in [6.45, 7) is 23.1. The molecule has 0 spiro atoms. The molecule has 1 heterocycles. The number of hydrogen-bond acceptors (Lipinski definition) is 10. The van der Waals surface area contributed by atoms with E-state index in [0.29, 0.717) is 38.3 Å². The highest BCUT2D eigenvalue weighted by molar-refractivity contribution is 7.99. The van der Waals surface area contributed by atoms with Gasteiger partial charge in [-0.1, -0.05) is 273 Å². The minimum Gasteiger partial charge on any atom is -0.392 e. The molecule has 6 unspecified atom stereocenters. The van der Waals surface area contributed by atoms with Crippen molar-refractivity contribution in [2.45, 2.75) is 348 Å². The van der Waals surface area contributed by atoms with Crippen molar-refractivity contribution in [2.75, 3.05) is 88.5 Å². The Bertz CT molecular complexity index is 1050. The second-order valence-electron chi connectivity index (χ2n) is 25.0. The van der Waals surface area contributed by atoms with Crippen LogP contribution < -0.4 is 0 Å². The van der Waals surface area contributed by atoms with Crippen LogP contribution in [0.2, 0.25) is 0 Å². The molecular formula is C68H140N4O4S2. The van der Waals surface area contributed by atoms with Crippen molar-refractivity contribution in [3.63, 3.8) is 0 Å². The molecule has 4 N–H and O–H groups in total. The van der Waals surface area contributed by atoms with E-state index in [4.69, 9.17) is 0 Å². The standard InChI is InChI=1S/C68H140N4O4S2/c1-7-13-19-23-27-31-35-39-45-65(73)59-69(60-66(74)46-40-36-32-28-24-20-14-8-2)49-53-77-55-51-71-57-64(44-18-12-6)72(58-63(71)43-17-11-5)52-56-78-54-50-70(61-67(75)47-41-37-33-29-25-21-15-9-3)62-68(76)48-42-38-34-30-26-22-16-10-4/h63-68,73-76H,7-62H2,1-6H3. The highest BCUT2D eigenvalue weighted by Crippen LogP contribution is 2.25. The number of aliphatic hydroxyl groups is 4. The number of unbranched alkanes of at least 4 members (excludes halogenated alkanes) is 30. The van der Waals surface area contributed by atoms with Gasteiger partial charge in [0.05, 0.1) is 24.4 Å². The summed E-state index contributed by atoms with van der Waals surface area (Å²) in [4.78, 5) is 10.6. The van der Waals surface area contributed by atoms with Crippen LogP contribution in [0.3, 0.4) is 0 Å². The molecule has 0 aromatic heterocycles. The van der Waals surface area contributed by atoms with Crippen molar-refractivity contribution in [3.05, 3.63) is 0 Å². The zero-order valence-corrected chi connectivity index (χ0v) is 55.1. The molecule has 1 fully saturated rings. The van der Waals surface area contributed by atoms with Gasteiger partial charge in [-0.15, -0.1) is 0 Å². The lowest BCUT2D eigenvalue weighted by Gasteiger charge is -2.47. The number of aliphatic hydroxyl groups excluding tert-OH is 4. The molecule has 0 radical (unpaired) electrons. The number of hydrogen-bond donors (Lipinski definition) is 4. The van der Waals surface area contributed by atoms with Gasteiger partial charge in [-0.05, 0) is 38.5 Å². The predicted molar refractivity (Wildman–Crippen MR) is 350 cm³/mol. The fourth-order valence-electron chi connectivity index (χ4n) is 12.1. The van der Waals surface area contributed by atoms with Crippen molar-refractivity contribution in [1.29, 1.82) is 0 Å². The van der Waals surface area contributed by atoms with Crippen LogP contribution in [-0.4, -0.2) is 165 Å². The van der Waals surface area contributed by atoms with Gasteiger partial charge in [-0.2, -0.15) is 23.5 Å². The first-order valence-corrected chi connectivity index (χ1v) is 37.3. The zero-order chi connectivity index (χ0) is 56.8. The summed E-state index contributed by atoms with van der Waals surface area (Å²) in [5.41, 5.74) is 0. The zero-order valence-electron chi connectivity index (χ0n) is 53.5. The van der Waals surface area contributed by atoms with Crippen LogP contribution >= 0.6 is 23.5 Å². The topological polar surface area (TPSA) is 93.9 Å². The van der Waals surface area contributed by atoms with E-state index in [1.54, 1.807) is 0 Å². The Kier molecular flexibility index (Phi) is 56.6. The SMILES string of the molecule is CCCCCCCCCCC(O)CN(CCSCCN1CC(CCCC)N(CCSCCN(CC(O)CCCCCCCCCC)CC(O)CCCCCCCCCC)CC1CCCC)CC(O)CCCCCCCCCC. The van der Waals surface area contributed by atoms with Gasteiger partial charge in [0.15, 0.2) is 0 Å².